The standard InChI is InChI=1S/C17H17BrF3NO/c1-11(22)7-13-9-15(18)5-6-16(13)23-10-12-3-2-4-14(8-12)17(19,20)21/h2-6,8-9,11H,7,10,22H2,1H3. The van der Waals surface area contributed by atoms with Crippen LogP contribution in [-0.2, 0) is 19.2 Å². The zero-order valence-corrected chi connectivity index (χ0v) is 14.1. The molecular weight excluding hydrogens is 371 g/mol. The third-order valence-electron chi connectivity index (χ3n) is 3.21. The lowest BCUT2D eigenvalue weighted by Crippen LogP contribution is -2.18. The maximum Gasteiger partial charge on any atom is 0.416 e. The number of alkyl halides is 3. The minimum absolute atomic E-state index is 0.0415. The molecule has 0 aliphatic rings. The molecule has 2 aromatic carbocycles. The van der Waals surface area contributed by atoms with Crippen molar-refractivity contribution < 1.29 is 17.9 Å². The summed E-state index contributed by atoms with van der Waals surface area (Å²) in [5.41, 5.74) is 6.53. The average molecular weight is 388 g/mol. The second-order valence-corrected chi connectivity index (χ2v) is 6.34. The Balaban J connectivity index is 2.15. The largest absolute Gasteiger partial charge is 0.489 e. The summed E-state index contributed by atoms with van der Waals surface area (Å²) in [5.74, 6) is 0.628. The minimum Gasteiger partial charge on any atom is -0.489 e. The number of hydrogen-bond donors (Lipinski definition) is 1. The quantitative estimate of drug-likeness (QED) is 0.788. The van der Waals surface area contributed by atoms with E-state index in [9.17, 15) is 13.2 Å². The first-order chi connectivity index (χ1) is 10.8. The van der Waals surface area contributed by atoms with Crippen molar-refractivity contribution in [2.24, 2.45) is 5.73 Å². The predicted octanol–water partition coefficient (Wildman–Crippen LogP) is 4.94. The van der Waals surface area contributed by atoms with Crippen LogP contribution in [0.3, 0.4) is 0 Å². The maximum absolute atomic E-state index is 12.7. The van der Waals surface area contributed by atoms with Gasteiger partial charge in [-0.15, -0.1) is 0 Å². The van der Waals surface area contributed by atoms with E-state index in [0.29, 0.717) is 17.7 Å². The van der Waals surface area contributed by atoms with E-state index in [-0.39, 0.29) is 12.6 Å². The molecule has 124 valence electrons. The Morgan fingerprint density at radius 2 is 1.91 bits per heavy atom. The fraction of sp³-hybridized carbons (Fsp3) is 0.294. The van der Waals surface area contributed by atoms with Crippen molar-refractivity contribution >= 4 is 15.9 Å². The maximum atomic E-state index is 12.7. The Labute approximate surface area is 141 Å². The molecule has 0 amide bonds. The molecule has 0 saturated heterocycles. The second kappa shape index (κ2) is 7.36. The number of rotatable bonds is 5. The van der Waals surface area contributed by atoms with Gasteiger partial charge in [0.2, 0.25) is 0 Å². The van der Waals surface area contributed by atoms with Crippen molar-refractivity contribution in [2.75, 3.05) is 0 Å². The van der Waals surface area contributed by atoms with E-state index >= 15 is 0 Å². The second-order valence-electron chi connectivity index (χ2n) is 5.42. The Kier molecular flexibility index (Phi) is 5.70. The Morgan fingerprint density at radius 3 is 2.57 bits per heavy atom. The predicted molar refractivity (Wildman–Crippen MR) is 87.3 cm³/mol. The molecule has 2 rings (SSSR count). The monoisotopic (exact) mass is 387 g/mol. The van der Waals surface area contributed by atoms with Crippen LogP contribution in [0.1, 0.15) is 23.6 Å². The molecule has 0 fully saturated rings. The molecule has 0 heterocycles. The van der Waals surface area contributed by atoms with Crippen molar-refractivity contribution in [3.8, 4) is 5.75 Å². The number of hydrogen-bond acceptors (Lipinski definition) is 2. The lowest BCUT2D eigenvalue weighted by atomic mass is 10.1. The van der Waals surface area contributed by atoms with Crippen LogP contribution >= 0.6 is 15.9 Å². The Morgan fingerprint density at radius 1 is 1.17 bits per heavy atom. The molecule has 2 aromatic rings. The number of nitrogens with two attached hydrogens (primary N) is 1. The first-order valence-corrected chi connectivity index (χ1v) is 7.88. The van der Waals surface area contributed by atoms with Crippen LogP contribution in [0.2, 0.25) is 0 Å². The van der Waals surface area contributed by atoms with E-state index in [2.05, 4.69) is 15.9 Å². The van der Waals surface area contributed by atoms with Gasteiger partial charge in [0.1, 0.15) is 12.4 Å². The van der Waals surface area contributed by atoms with Gasteiger partial charge in [-0.2, -0.15) is 13.2 Å². The molecule has 2 N–H and O–H groups in total. The highest BCUT2D eigenvalue weighted by Gasteiger charge is 2.30. The molecule has 0 aromatic heterocycles. The zero-order chi connectivity index (χ0) is 17.0. The van der Waals surface area contributed by atoms with E-state index in [1.807, 2.05) is 19.1 Å². The van der Waals surface area contributed by atoms with Crippen LogP contribution in [0.15, 0.2) is 46.9 Å². The van der Waals surface area contributed by atoms with Crippen LogP contribution < -0.4 is 10.5 Å². The smallest absolute Gasteiger partial charge is 0.416 e. The fourth-order valence-corrected chi connectivity index (χ4v) is 2.60. The third kappa shape index (κ3) is 5.25. The van der Waals surface area contributed by atoms with E-state index < -0.39 is 11.7 Å². The van der Waals surface area contributed by atoms with E-state index in [1.165, 1.54) is 6.07 Å². The molecule has 1 atom stereocenters. The topological polar surface area (TPSA) is 35.2 Å². The molecular formula is C17H17BrF3NO. The molecule has 6 heteroatoms. The summed E-state index contributed by atoms with van der Waals surface area (Å²) in [7, 11) is 0. The van der Waals surface area contributed by atoms with Gasteiger partial charge in [0, 0.05) is 10.5 Å². The van der Waals surface area contributed by atoms with Gasteiger partial charge in [-0.25, -0.2) is 0 Å². The molecule has 23 heavy (non-hydrogen) atoms. The van der Waals surface area contributed by atoms with Crippen LogP contribution in [0.25, 0.3) is 0 Å². The fourth-order valence-electron chi connectivity index (χ4n) is 2.19. The Bertz CT molecular complexity index is 671. The van der Waals surface area contributed by atoms with E-state index in [4.69, 9.17) is 10.5 Å². The van der Waals surface area contributed by atoms with Gasteiger partial charge in [0.05, 0.1) is 5.56 Å². The summed E-state index contributed by atoms with van der Waals surface area (Å²) >= 11 is 3.39. The van der Waals surface area contributed by atoms with Crippen LogP contribution in [0.5, 0.6) is 5.75 Å². The lowest BCUT2D eigenvalue weighted by molar-refractivity contribution is -0.137. The van der Waals surface area contributed by atoms with E-state index in [0.717, 1.165) is 22.2 Å². The summed E-state index contributed by atoms with van der Waals surface area (Å²) in [6.07, 6.45) is -3.73. The molecule has 0 bridgehead atoms. The van der Waals surface area contributed by atoms with Crippen LogP contribution in [0.4, 0.5) is 13.2 Å². The first-order valence-electron chi connectivity index (χ1n) is 7.08. The van der Waals surface area contributed by atoms with Crippen molar-refractivity contribution in [3.63, 3.8) is 0 Å². The molecule has 0 saturated carbocycles. The molecule has 1 unspecified atom stereocenters. The highest BCUT2D eigenvalue weighted by Crippen LogP contribution is 2.30. The van der Waals surface area contributed by atoms with Gasteiger partial charge >= 0.3 is 6.18 Å². The SMILES string of the molecule is CC(N)Cc1cc(Br)ccc1OCc1cccc(C(F)(F)F)c1. The van der Waals surface area contributed by atoms with Crippen molar-refractivity contribution in [1.29, 1.82) is 0 Å². The minimum atomic E-state index is -4.35. The first kappa shape index (κ1) is 17.8. The van der Waals surface area contributed by atoms with Gasteiger partial charge in [0.25, 0.3) is 0 Å². The normalized spacial score (nSPS) is 13.0. The van der Waals surface area contributed by atoms with Crippen LogP contribution in [0, 0.1) is 0 Å². The van der Waals surface area contributed by atoms with Gasteiger partial charge in [-0.1, -0.05) is 28.1 Å². The van der Waals surface area contributed by atoms with Gasteiger partial charge in [-0.05, 0) is 54.8 Å². The number of halogens is 4. The molecule has 2 nitrogen and oxygen atoms in total. The number of ether oxygens (including phenoxy) is 1. The van der Waals surface area contributed by atoms with Gasteiger partial charge < -0.3 is 10.5 Å². The lowest BCUT2D eigenvalue weighted by Gasteiger charge is -2.14. The summed E-state index contributed by atoms with van der Waals surface area (Å²) in [6.45, 7) is 1.95. The van der Waals surface area contributed by atoms with Crippen molar-refractivity contribution in [3.05, 3.63) is 63.6 Å². The summed E-state index contributed by atoms with van der Waals surface area (Å²) in [5, 5.41) is 0. The highest BCUT2D eigenvalue weighted by molar-refractivity contribution is 9.10. The number of benzene rings is 2. The Hall–Kier alpha value is -1.53. The van der Waals surface area contributed by atoms with Gasteiger partial charge in [0.15, 0.2) is 0 Å². The van der Waals surface area contributed by atoms with Crippen LogP contribution in [-0.4, -0.2) is 6.04 Å². The highest BCUT2D eigenvalue weighted by atomic mass is 79.9. The summed E-state index contributed by atoms with van der Waals surface area (Å²) < 4.78 is 44.8. The summed E-state index contributed by atoms with van der Waals surface area (Å²) in [4.78, 5) is 0. The van der Waals surface area contributed by atoms with Crippen molar-refractivity contribution in [2.45, 2.75) is 32.2 Å². The molecule has 0 aliphatic heterocycles. The van der Waals surface area contributed by atoms with E-state index in [1.54, 1.807) is 12.1 Å². The molecule has 0 radical (unpaired) electrons. The zero-order valence-electron chi connectivity index (χ0n) is 12.5. The van der Waals surface area contributed by atoms with Crippen molar-refractivity contribution in [1.82, 2.24) is 0 Å². The van der Waals surface area contributed by atoms with Gasteiger partial charge in [-0.3, -0.25) is 0 Å². The molecule has 0 spiro atoms. The summed E-state index contributed by atoms with van der Waals surface area (Å²) in [6, 6.07) is 10.6. The average Bonchev–Trinajstić information content (AvgIpc) is 2.45. The third-order valence-corrected chi connectivity index (χ3v) is 3.71. The molecule has 0 aliphatic carbocycles.